The van der Waals surface area contributed by atoms with E-state index < -0.39 is 5.60 Å². The summed E-state index contributed by atoms with van der Waals surface area (Å²) in [5, 5.41) is 12.0. The van der Waals surface area contributed by atoms with Gasteiger partial charge in [-0.25, -0.2) is 0 Å². The Balaban J connectivity index is 1.95. The number of nitrogens with zero attached hydrogens (tertiary/aromatic N) is 1. The van der Waals surface area contributed by atoms with Crippen LogP contribution in [0.25, 0.3) is 0 Å². The molecule has 128 valence electrons. The van der Waals surface area contributed by atoms with Gasteiger partial charge in [-0.1, -0.05) is 56.5 Å². The van der Waals surface area contributed by atoms with E-state index in [4.69, 9.17) is 4.74 Å². The Morgan fingerprint density at radius 3 is 2.39 bits per heavy atom. The van der Waals surface area contributed by atoms with Crippen molar-refractivity contribution >= 4 is 0 Å². The molecule has 2 fully saturated rings. The molecule has 2 atom stereocenters. The topological polar surface area (TPSA) is 32.7 Å². The number of benzene rings is 1. The lowest BCUT2D eigenvalue weighted by Crippen LogP contribution is -2.57. The average molecular weight is 317 g/mol. The van der Waals surface area contributed by atoms with Gasteiger partial charge in [0.05, 0.1) is 13.2 Å². The summed E-state index contributed by atoms with van der Waals surface area (Å²) in [6.07, 6.45) is 7.08. The van der Waals surface area contributed by atoms with Crippen LogP contribution in [0.5, 0.6) is 0 Å². The summed E-state index contributed by atoms with van der Waals surface area (Å²) in [6.45, 7) is 5.65. The molecular weight excluding hydrogens is 286 g/mol. The Kier molecular flexibility index (Phi) is 5.73. The van der Waals surface area contributed by atoms with Crippen LogP contribution in [-0.4, -0.2) is 42.4 Å². The van der Waals surface area contributed by atoms with E-state index in [-0.39, 0.29) is 6.04 Å². The van der Waals surface area contributed by atoms with Crippen molar-refractivity contribution in [3.8, 4) is 0 Å². The van der Waals surface area contributed by atoms with Gasteiger partial charge in [0.25, 0.3) is 0 Å². The van der Waals surface area contributed by atoms with Gasteiger partial charge in [0.2, 0.25) is 0 Å². The summed E-state index contributed by atoms with van der Waals surface area (Å²) in [5.74, 6) is 0.367. The Morgan fingerprint density at radius 2 is 1.78 bits per heavy atom. The summed E-state index contributed by atoms with van der Waals surface area (Å²) in [5.41, 5.74) is 0.360. The van der Waals surface area contributed by atoms with Crippen molar-refractivity contribution in [1.29, 1.82) is 0 Å². The third-order valence-electron chi connectivity index (χ3n) is 5.84. The van der Waals surface area contributed by atoms with Crippen LogP contribution in [0.4, 0.5) is 0 Å². The fourth-order valence-electron chi connectivity index (χ4n) is 4.68. The van der Waals surface area contributed by atoms with Crippen LogP contribution in [-0.2, 0) is 10.3 Å². The standard InChI is InChI=1S/C20H31NO2/c1-2-19(21-13-15-23-16-14-21)20(22,17-9-5-3-6-10-17)18-11-7-4-8-12-18/h3,5-6,9-10,18-19,22H,2,4,7-8,11-16H2,1H3. The Hall–Kier alpha value is -0.900. The fourth-order valence-corrected chi connectivity index (χ4v) is 4.68. The van der Waals surface area contributed by atoms with Crippen LogP contribution in [0.15, 0.2) is 30.3 Å². The lowest BCUT2D eigenvalue weighted by atomic mass is 9.68. The number of morpholine rings is 1. The van der Waals surface area contributed by atoms with Gasteiger partial charge < -0.3 is 9.84 Å². The van der Waals surface area contributed by atoms with E-state index in [0.29, 0.717) is 5.92 Å². The predicted molar refractivity (Wildman–Crippen MR) is 93.4 cm³/mol. The smallest absolute Gasteiger partial charge is 0.108 e. The number of hydrogen-bond acceptors (Lipinski definition) is 3. The Labute approximate surface area is 140 Å². The van der Waals surface area contributed by atoms with E-state index in [1.807, 2.05) is 6.07 Å². The maximum Gasteiger partial charge on any atom is 0.108 e. The highest BCUT2D eigenvalue weighted by atomic mass is 16.5. The van der Waals surface area contributed by atoms with E-state index in [0.717, 1.165) is 51.1 Å². The van der Waals surface area contributed by atoms with Gasteiger partial charge in [0.1, 0.15) is 5.60 Å². The number of rotatable bonds is 5. The van der Waals surface area contributed by atoms with Crippen LogP contribution < -0.4 is 0 Å². The van der Waals surface area contributed by atoms with E-state index in [1.54, 1.807) is 0 Å². The predicted octanol–water partition coefficient (Wildman–Crippen LogP) is 3.57. The molecule has 1 aromatic carbocycles. The molecule has 2 unspecified atom stereocenters. The van der Waals surface area contributed by atoms with E-state index in [9.17, 15) is 5.11 Å². The Bertz CT molecular complexity index is 466. The van der Waals surface area contributed by atoms with Crippen molar-refractivity contribution in [2.75, 3.05) is 26.3 Å². The molecular formula is C20H31NO2. The first-order valence-electron chi connectivity index (χ1n) is 9.36. The summed E-state index contributed by atoms with van der Waals surface area (Å²) < 4.78 is 5.53. The molecule has 0 amide bonds. The quantitative estimate of drug-likeness (QED) is 0.901. The molecule has 3 rings (SSSR count). The van der Waals surface area contributed by atoms with Crippen molar-refractivity contribution in [2.24, 2.45) is 5.92 Å². The molecule has 1 aromatic rings. The fraction of sp³-hybridized carbons (Fsp3) is 0.700. The van der Waals surface area contributed by atoms with Crippen molar-refractivity contribution in [3.05, 3.63) is 35.9 Å². The largest absolute Gasteiger partial charge is 0.383 e. The maximum atomic E-state index is 12.0. The minimum Gasteiger partial charge on any atom is -0.383 e. The number of aliphatic hydroxyl groups is 1. The van der Waals surface area contributed by atoms with Crippen LogP contribution in [0, 0.1) is 5.92 Å². The minimum absolute atomic E-state index is 0.178. The molecule has 2 aliphatic rings. The molecule has 0 radical (unpaired) electrons. The molecule has 0 bridgehead atoms. The first-order valence-corrected chi connectivity index (χ1v) is 9.36. The summed E-state index contributed by atoms with van der Waals surface area (Å²) in [7, 11) is 0. The maximum absolute atomic E-state index is 12.0. The first-order chi connectivity index (χ1) is 11.3. The third-order valence-corrected chi connectivity index (χ3v) is 5.84. The van der Waals surface area contributed by atoms with E-state index in [2.05, 4.69) is 36.1 Å². The molecule has 1 saturated carbocycles. The van der Waals surface area contributed by atoms with Crippen LogP contribution >= 0.6 is 0 Å². The minimum atomic E-state index is -0.742. The molecule has 1 aliphatic carbocycles. The number of hydrogen-bond donors (Lipinski definition) is 1. The molecule has 3 nitrogen and oxygen atoms in total. The molecule has 1 saturated heterocycles. The summed E-state index contributed by atoms with van der Waals surface area (Å²) in [6, 6.07) is 10.6. The zero-order valence-corrected chi connectivity index (χ0v) is 14.4. The molecule has 23 heavy (non-hydrogen) atoms. The number of ether oxygens (including phenoxy) is 1. The molecule has 1 aliphatic heterocycles. The van der Waals surface area contributed by atoms with Crippen molar-refractivity contribution in [3.63, 3.8) is 0 Å². The van der Waals surface area contributed by atoms with Gasteiger partial charge in [-0.05, 0) is 30.7 Å². The highest BCUT2D eigenvalue weighted by Crippen LogP contribution is 2.44. The van der Waals surface area contributed by atoms with E-state index in [1.165, 1.54) is 19.3 Å². The SMILES string of the molecule is CCC(N1CCOCC1)C(O)(c1ccccc1)C1CCCCC1. The molecule has 1 heterocycles. The van der Waals surface area contributed by atoms with Crippen LogP contribution in [0.1, 0.15) is 51.0 Å². The van der Waals surface area contributed by atoms with Gasteiger partial charge in [-0.15, -0.1) is 0 Å². The lowest BCUT2D eigenvalue weighted by Gasteiger charge is -2.49. The monoisotopic (exact) mass is 317 g/mol. The second-order valence-corrected chi connectivity index (χ2v) is 7.10. The van der Waals surface area contributed by atoms with Crippen LogP contribution in [0.3, 0.4) is 0 Å². The van der Waals surface area contributed by atoms with Crippen LogP contribution in [0.2, 0.25) is 0 Å². The van der Waals surface area contributed by atoms with Gasteiger partial charge in [-0.3, -0.25) is 4.90 Å². The van der Waals surface area contributed by atoms with Gasteiger partial charge in [-0.2, -0.15) is 0 Å². The molecule has 0 spiro atoms. The second kappa shape index (κ2) is 7.78. The van der Waals surface area contributed by atoms with E-state index >= 15 is 0 Å². The lowest BCUT2D eigenvalue weighted by molar-refractivity contribution is -0.123. The molecule has 3 heteroatoms. The van der Waals surface area contributed by atoms with Crippen molar-refractivity contribution in [1.82, 2.24) is 4.90 Å². The van der Waals surface area contributed by atoms with Crippen molar-refractivity contribution < 1.29 is 9.84 Å². The molecule has 0 aromatic heterocycles. The van der Waals surface area contributed by atoms with Gasteiger partial charge >= 0.3 is 0 Å². The highest BCUT2D eigenvalue weighted by Gasteiger charge is 2.47. The Morgan fingerprint density at radius 1 is 1.13 bits per heavy atom. The second-order valence-electron chi connectivity index (χ2n) is 7.10. The third kappa shape index (κ3) is 3.47. The van der Waals surface area contributed by atoms with Gasteiger partial charge in [0, 0.05) is 19.1 Å². The molecule has 1 N–H and O–H groups in total. The highest BCUT2D eigenvalue weighted by molar-refractivity contribution is 5.26. The normalized spacial score (nSPS) is 25.0. The average Bonchev–Trinajstić information content (AvgIpc) is 2.64. The van der Waals surface area contributed by atoms with Gasteiger partial charge in [0.15, 0.2) is 0 Å². The summed E-state index contributed by atoms with van der Waals surface area (Å²) in [4.78, 5) is 2.46. The zero-order valence-electron chi connectivity index (χ0n) is 14.4. The summed E-state index contributed by atoms with van der Waals surface area (Å²) >= 11 is 0. The first kappa shape index (κ1) is 16.9. The van der Waals surface area contributed by atoms with Crippen molar-refractivity contribution in [2.45, 2.75) is 57.1 Å². The zero-order chi connectivity index (χ0) is 16.1.